The van der Waals surface area contributed by atoms with Crippen LogP contribution in [0.3, 0.4) is 0 Å². The SMILES string of the molecule is COc1ccc(CNC(=O)Nc2ccccc2C(C)C)cc1OC. The zero-order valence-corrected chi connectivity index (χ0v) is 14.6. The highest BCUT2D eigenvalue weighted by atomic mass is 16.5. The van der Waals surface area contributed by atoms with Crippen molar-refractivity contribution in [2.45, 2.75) is 26.3 Å². The van der Waals surface area contributed by atoms with E-state index in [4.69, 9.17) is 9.47 Å². The van der Waals surface area contributed by atoms with Gasteiger partial charge in [0.05, 0.1) is 14.2 Å². The Kier molecular flexibility index (Phi) is 6.07. The molecule has 24 heavy (non-hydrogen) atoms. The molecule has 0 bridgehead atoms. The number of methoxy groups -OCH3 is 2. The van der Waals surface area contributed by atoms with Crippen LogP contribution in [-0.2, 0) is 6.54 Å². The molecular weight excluding hydrogens is 304 g/mol. The first-order valence-corrected chi connectivity index (χ1v) is 7.89. The van der Waals surface area contributed by atoms with E-state index in [0.29, 0.717) is 24.0 Å². The fourth-order valence-electron chi connectivity index (χ4n) is 2.45. The Morgan fingerprint density at radius 3 is 2.42 bits per heavy atom. The summed E-state index contributed by atoms with van der Waals surface area (Å²) in [5, 5.41) is 5.76. The summed E-state index contributed by atoms with van der Waals surface area (Å²) in [7, 11) is 3.18. The number of rotatable bonds is 6. The Bertz CT molecular complexity index is 699. The molecule has 0 fully saturated rings. The van der Waals surface area contributed by atoms with E-state index in [2.05, 4.69) is 24.5 Å². The van der Waals surface area contributed by atoms with Gasteiger partial charge in [0, 0.05) is 12.2 Å². The maximum absolute atomic E-state index is 12.2. The molecule has 0 unspecified atom stereocenters. The van der Waals surface area contributed by atoms with Crippen LogP contribution in [0.15, 0.2) is 42.5 Å². The number of carbonyl (C=O) groups excluding carboxylic acids is 1. The van der Waals surface area contributed by atoms with Gasteiger partial charge >= 0.3 is 6.03 Å². The highest BCUT2D eigenvalue weighted by Crippen LogP contribution is 2.27. The number of anilines is 1. The molecule has 0 saturated carbocycles. The summed E-state index contributed by atoms with van der Waals surface area (Å²) >= 11 is 0. The van der Waals surface area contributed by atoms with E-state index >= 15 is 0 Å². The van der Waals surface area contributed by atoms with Gasteiger partial charge in [-0.15, -0.1) is 0 Å². The summed E-state index contributed by atoms with van der Waals surface area (Å²) in [5.74, 6) is 1.64. The summed E-state index contributed by atoms with van der Waals surface area (Å²) < 4.78 is 10.5. The predicted octanol–water partition coefficient (Wildman–Crippen LogP) is 4.15. The number of para-hydroxylation sites is 1. The van der Waals surface area contributed by atoms with Crippen LogP contribution in [0.25, 0.3) is 0 Å². The average molecular weight is 328 g/mol. The van der Waals surface area contributed by atoms with Gasteiger partial charge < -0.3 is 20.1 Å². The van der Waals surface area contributed by atoms with Gasteiger partial charge in [-0.2, -0.15) is 0 Å². The topological polar surface area (TPSA) is 59.6 Å². The lowest BCUT2D eigenvalue weighted by Gasteiger charge is -2.14. The van der Waals surface area contributed by atoms with Crippen LogP contribution in [0.4, 0.5) is 10.5 Å². The Labute approximate surface area is 143 Å². The van der Waals surface area contributed by atoms with Gasteiger partial charge in [0.25, 0.3) is 0 Å². The Balaban J connectivity index is 1.99. The van der Waals surface area contributed by atoms with Crippen LogP contribution < -0.4 is 20.1 Å². The highest BCUT2D eigenvalue weighted by molar-refractivity contribution is 5.90. The fourth-order valence-corrected chi connectivity index (χ4v) is 2.45. The number of ether oxygens (including phenoxy) is 2. The smallest absolute Gasteiger partial charge is 0.319 e. The molecule has 5 nitrogen and oxygen atoms in total. The maximum atomic E-state index is 12.2. The molecule has 0 aliphatic rings. The van der Waals surface area contributed by atoms with Crippen LogP contribution >= 0.6 is 0 Å². The highest BCUT2D eigenvalue weighted by Gasteiger charge is 2.09. The molecule has 128 valence electrons. The molecule has 2 aromatic rings. The van der Waals surface area contributed by atoms with Crippen molar-refractivity contribution in [2.24, 2.45) is 0 Å². The van der Waals surface area contributed by atoms with Crippen molar-refractivity contribution in [3.8, 4) is 11.5 Å². The van der Waals surface area contributed by atoms with Crippen molar-refractivity contribution in [1.29, 1.82) is 0 Å². The van der Waals surface area contributed by atoms with Gasteiger partial charge in [-0.1, -0.05) is 38.1 Å². The van der Waals surface area contributed by atoms with Crippen molar-refractivity contribution in [3.05, 3.63) is 53.6 Å². The zero-order chi connectivity index (χ0) is 17.5. The van der Waals surface area contributed by atoms with Crippen molar-refractivity contribution < 1.29 is 14.3 Å². The average Bonchev–Trinajstić information content (AvgIpc) is 2.59. The van der Waals surface area contributed by atoms with Gasteiger partial charge in [0.1, 0.15) is 0 Å². The quantitative estimate of drug-likeness (QED) is 0.837. The Morgan fingerprint density at radius 1 is 1.04 bits per heavy atom. The summed E-state index contributed by atoms with van der Waals surface area (Å²) in [6, 6.07) is 13.1. The summed E-state index contributed by atoms with van der Waals surface area (Å²) in [4.78, 5) is 12.2. The van der Waals surface area contributed by atoms with E-state index < -0.39 is 0 Å². The molecule has 0 saturated heterocycles. The molecule has 0 heterocycles. The lowest BCUT2D eigenvalue weighted by molar-refractivity contribution is 0.251. The van der Waals surface area contributed by atoms with E-state index in [0.717, 1.165) is 16.8 Å². The number of amides is 2. The number of carbonyl (C=O) groups is 1. The zero-order valence-electron chi connectivity index (χ0n) is 14.6. The van der Waals surface area contributed by atoms with Crippen molar-refractivity contribution >= 4 is 11.7 Å². The Hall–Kier alpha value is -2.69. The largest absolute Gasteiger partial charge is 0.493 e. The lowest BCUT2D eigenvalue weighted by Crippen LogP contribution is -2.28. The molecule has 0 radical (unpaired) electrons. The van der Waals surface area contributed by atoms with Gasteiger partial charge in [-0.05, 0) is 35.2 Å². The van der Waals surface area contributed by atoms with Gasteiger partial charge in [0.15, 0.2) is 11.5 Å². The molecule has 0 aromatic heterocycles. The van der Waals surface area contributed by atoms with Crippen molar-refractivity contribution in [2.75, 3.05) is 19.5 Å². The first kappa shape index (κ1) is 17.7. The van der Waals surface area contributed by atoms with E-state index in [1.54, 1.807) is 14.2 Å². The van der Waals surface area contributed by atoms with E-state index in [9.17, 15) is 4.79 Å². The predicted molar refractivity (Wildman–Crippen MR) is 95.9 cm³/mol. The number of benzene rings is 2. The van der Waals surface area contributed by atoms with E-state index in [1.165, 1.54) is 0 Å². The van der Waals surface area contributed by atoms with Gasteiger partial charge in [-0.3, -0.25) is 0 Å². The van der Waals surface area contributed by atoms with Gasteiger partial charge in [0.2, 0.25) is 0 Å². The normalized spacial score (nSPS) is 10.4. The second-order valence-electron chi connectivity index (χ2n) is 5.74. The monoisotopic (exact) mass is 328 g/mol. The maximum Gasteiger partial charge on any atom is 0.319 e. The van der Waals surface area contributed by atoms with E-state index in [1.807, 2.05) is 42.5 Å². The number of hydrogen-bond donors (Lipinski definition) is 2. The molecule has 0 spiro atoms. The molecule has 0 aliphatic heterocycles. The third kappa shape index (κ3) is 4.41. The molecule has 2 rings (SSSR count). The Morgan fingerprint density at radius 2 is 1.75 bits per heavy atom. The molecule has 2 N–H and O–H groups in total. The van der Waals surface area contributed by atoms with E-state index in [-0.39, 0.29) is 6.03 Å². The first-order valence-electron chi connectivity index (χ1n) is 7.89. The lowest BCUT2D eigenvalue weighted by atomic mass is 10.0. The molecule has 5 heteroatoms. The first-order chi connectivity index (χ1) is 11.5. The molecular formula is C19H24N2O3. The molecule has 0 atom stereocenters. The fraction of sp³-hybridized carbons (Fsp3) is 0.316. The number of nitrogens with one attached hydrogen (secondary N) is 2. The van der Waals surface area contributed by atoms with Gasteiger partial charge in [-0.25, -0.2) is 4.79 Å². The third-order valence-electron chi connectivity index (χ3n) is 3.73. The second-order valence-corrected chi connectivity index (χ2v) is 5.74. The van der Waals surface area contributed by atoms with Crippen LogP contribution in [-0.4, -0.2) is 20.3 Å². The molecule has 0 aliphatic carbocycles. The van der Waals surface area contributed by atoms with Crippen molar-refractivity contribution in [1.82, 2.24) is 5.32 Å². The van der Waals surface area contributed by atoms with Crippen LogP contribution in [0, 0.1) is 0 Å². The minimum atomic E-state index is -0.238. The minimum Gasteiger partial charge on any atom is -0.493 e. The minimum absolute atomic E-state index is 0.238. The summed E-state index contributed by atoms with van der Waals surface area (Å²) in [5.41, 5.74) is 2.87. The molecule has 2 amide bonds. The standard InChI is InChI=1S/C19H24N2O3/c1-13(2)15-7-5-6-8-16(15)21-19(22)20-12-14-9-10-17(23-3)18(11-14)24-4/h5-11,13H,12H2,1-4H3,(H2,20,21,22). The van der Waals surface area contributed by atoms with Crippen LogP contribution in [0.2, 0.25) is 0 Å². The number of urea groups is 1. The van der Waals surface area contributed by atoms with Crippen LogP contribution in [0.1, 0.15) is 30.9 Å². The number of hydrogen-bond acceptors (Lipinski definition) is 3. The van der Waals surface area contributed by atoms with Crippen LogP contribution in [0.5, 0.6) is 11.5 Å². The van der Waals surface area contributed by atoms with Crippen molar-refractivity contribution in [3.63, 3.8) is 0 Å². The molecule has 2 aromatic carbocycles. The summed E-state index contributed by atoms with van der Waals surface area (Å²) in [6.45, 7) is 4.60. The third-order valence-corrected chi connectivity index (χ3v) is 3.73. The summed E-state index contributed by atoms with van der Waals surface area (Å²) in [6.07, 6.45) is 0. The second kappa shape index (κ2) is 8.24.